The number of aliphatic carboxylic acids is 1. The van der Waals surface area contributed by atoms with E-state index in [1.807, 2.05) is 18.2 Å². The highest BCUT2D eigenvalue weighted by Gasteiger charge is 2.14. The predicted molar refractivity (Wildman–Crippen MR) is 108 cm³/mol. The summed E-state index contributed by atoms with van der Waals surface area (Å²) in [5, 5.41) is 20.1. The van der Waals surface area contributed by atoms with Crippen molar-refractivity contribution in [2.45, 2.75) is 0 Å². The first-order valence-electron chi connectivity index (χ1n) is 8.03. The molecular formula is C19H14ClN3O4S. The van der Waals surface area contributed by atoms with Crippen molar-refractivity contribution in [3.8, 4) is 5.75 Å². The van der Waals surface area contributed by atoms with Crippen molar-refractivity contribution < 1.29 is 19.4 Å². The molecule has 1 heterocycles. The summed E-state index contributed by atoms with van der Waals surface area (Å²) in [6, 6.07) is 15.8. The fraction of sp³-hybridized carbons (Fsp3) is 0.0526. The third-order valence-electron chi connectivity index (χ3n) is 3.39. The highest BCUT2D eigenvalue weighted by molar-refractivity contribution is 7.15. The Hall–Kier alpha value is -3.23. The number of ether oxygens (including phenoxy) is 1. The number of carboxylic acids is 1. The SMILES string of the molecule is O=C(O)COc1ccc(C=C(Cl)c2nnc(C(=O)Nc3ccccc3)s2)cc1. The normalized spacial score (nSPS) is 11.1. The highest BCUT2D eigenvalue weighted by atomic mass is 35.5. The molecule has 0 spiro atoms. The standard InChI is InChI=1S/C19H14ClN3O4S/c20-15(10-12-6-8-14(9-7-12)27-11-16(24)25)18-22-23-19(28-18)17(26)21-13-4-2-1-3-5-13/h1-10H,11H2,(H,21,26)(H,24,25). The van der Waals surface area contributed by atoms with Crippen molar-refractivity contribution in [2.24, 2.45) is 0 Å². The van der Waals surface area contributed by atoms with Gasteiger partial charge in [0, 0.05) is 5.69 Å². The maximum Gasteiger partial charge on any atom is 0.341 e. The number of rotatable bonds is 7. The van der Waals surface area contributed by atoms with Gasteiger partial charge in [-0.15, -0.1) is 10.2 Å². The minimum absolute atomic E-state index is 0.197. The van der Waals surface area contributed by atoms with E-state index in [2.05, 4.69) is 15.5 Å². The molecule has 0 atom stereocenters. The van der Waals surface area contributed by atoms with Crippen LogP contribution in [0, 0.1) is 0 Å². The Bertz CT molecular complexity index is 1000. The van der Waals surface area contributed by atoms with Gasteiger partial charge in [-0.3, -0.25) is 4.79 Å². The molecule has 9 heteroatoms. The van der Waals surface area contributed by atoms with Crippen LogP contribution in [0.3, 0.4) is 0 Å². The van der Waals surface area contributed by atoms with Gasteiger partial charge in [0.1, 0.15) is 5.75 Å². The van der Waals surface area contributed by atoms with Gasteiger partial charge in [-0.1, -0.05) is 53.3 Å². The molecule has 0 fully saturated rings. The van der Waals surface area contributed by atoms with E-state index >= 15 is 0 Å². The number of aromatic nitrogens is 2. The van der Waals surface area contributed by atoms with E-state index in [1.165, 1.54) is 0 Å². The molecule has 0 radical (unpaired) electrons. The number of para-hydroxylation sites is 1. The van der Waals surface area contributed by atoms with E-state index in [4.69, 9.17) is 21.4 Å². The van der Waals surface area contributed by atoms with Crippen molar-refractivity contribution in [1.29, 1.82) is 0 Å². The number of nitrogens with one attached hydrogen (secondary N) is 1. The van der Waals surface area contributed by atoms with Crippen molar-refractivity contribution >= 4 is 51.6 Å². The fourth-order valence-corrected chi connectivity index (χ4v) is 3.06. The molecule has 0 aliphatic heterocycles. The van der Waals surface area contributed by atoms with Crippen molar-refractivity contribution in [2.75, 3.05) is 11.9 Å². The van der Waals surface area contributed by atoms with Crippen LogP contribution in [0.15, 0.2) is 54.6 Å². The average molecular weight is 416 g/mol. The number of amides is 1. The monoisotopic (exact) mass is 415 g/mol. The maximum absolute atomic E-state index is 12.2. The molecule has 3 aromatic rings. The van der Waals surface area contributed by atoms with E-state index in [-0.39, 0.29) is 10.9 Å². The van der Waals surface area contributed by atoms with Gasteiger partial charge in [-0.25, -0.2) is 4.79 Å². The number of nitrogens with zero attached hydrogens (tertiary/aromatic N) is 2. The summed E-state index contributed by atoms with van der Waals surface area (Å²) in [5.41, 5.74) is 1.43. The molecule has 0 saturated heterocycles. The van der Waals surface area contributed by atoms with Crippen molar-refractivity contribution in [3.05, 3.63) is 70.2 Å². The van der Waals surface area contributed by atoms with Gasteiger partial charge >= 0.3 is 5.97 Å². The lowest BCUT2D eigenvalue weighted by atomic mass is 10.2. The number of carbonyl (C=O) groups excluding carboxylic acids is 1. The molecule has 3 rings (SSSR count). The van der Waals surface area contributed by atoms with Crippen molar-refractivity contribution in [3.63, 3.8) is 0 Å². The van der Waals surface area contributed by atoms with Crippen LogP contribution in [0.4, 0.5) is 5.69 Å². The molecule has 0 saturated carbocycles. The number of hydrogen-bond acceptors (Lipinski definition) is 6. The third kappa shape index (κ3) is 5.38. The molecule has 2 aromatic carbocycles. The molecule has 0 unspecified atom stereocenters. The zero-order valence-electron chi connectivity index (χ0n) is 14.3. The Morgan fingerprint density at radius 1 is 1.07 bits per heavy atom. The zero-order chi connectivity index (χ0) is 19.9. The summed E-state index contributed by atoms with van der Waals surface area (Å²) in [5.74, 6) is -0.971. The molecule has 1 amide bonds. The minimum Gasteiger partial charge on any atom is -0.482 e. The quantitative estimate of drug-likeness (QED) is 0.605. The summed E-state index contributed by atoms with van der Waals surface area (Å²) in [7, 11) is 0. The molecule has 7 nitrogen and oxygen atoms in total. The van der Waals surface area contributed by atoms with E-state index in [9.17, 15) is 9.59 Å². The Kier molecular flexibility index (Phi) is 6.36. The first kappa shape index (κ1) is 19.5. The lowest BCUT2D eigenvalue weighted by Crippen LogP contribution is -2.11. The van der Waals surface area contributed by atoms with Gasteiger partial charge in [-0.05, 0) is 35.9 Å². The zero-order valence-corrected chi connectivity index (χ0v) is 15.9. The van der Waals surface area contributed by atoms with Gasteiger partial charge in [0.15, 0.2) is 11.6 Å². The second-order valence-corrected chi connectivity index (χ2v) is 6.86. The summed E-state index contributed by atoms with van der Waals surface area (Å²) >= 11 is 7.37. The van der Waals surface area contributed by atoms with Gasteiger partial charge in [-0.2, -0.15) is 0 Å². The Morgan fingerprint density at radius 3 is 2.43 bits per heavy atom. The lowest BCUT2D eigenvalue weighted by molar-refractivity contribution is -0.139. The fourth-order valence-electron chi connectivity index (χ4n) is 2.13. The van der Waals surface area contributed by atoms with Crippen LogP contribution < -0.4 is 10.1 Å². The predicted octanol–water partition coefficient (Wildman–Crippen LogP) is 3.99. The minimum atomic E-state index is -1.05. The summed E-state index contributed by atoms with van der Waals surface area (Å²) in [4.78, 5) is 22.7. The lowest BCUT2D eigenvalue weighted by Gasteiger charge is -2.03. The molecule has 142 valence electrons. The Balaban J connectivity index is 1.66. The van der Waals surface area contributed by atoms with Crippen LogP contribution in [0.25, 0.3) is 11.1 Å². The highest BCUT2D eigenvalue weighted by Crippen LogP contribution is 2.26. The van der Waals surface area contributed by atoms with E-state index in [0.717, 1.165) is 16.9 Å². The smallest absolute Gasteiger partial charge is 0.341 e. The summed E-state index contributed by atoms with van der Waals surface area (Å²) in [6.45, 7) is -0.408. The average Bonchev–Trinajstić information content (AvgIpc) is 3.19. The van der Waals surface area contributed by atoms with E-state index < -0.39 is 12.6 Å². The number of anilines is 1. The molecule has 1 aromatic heterocycles. The van der Waals surface area contributed by atoms with Gasteiger partial charge in [0.2, 0.25) is 5.01 Å². The topological polar surface area (TPSA) is 101 Å². The van der Waals surface area contributed by atoms with Gasteiger partial charge in [0.05, 0.1) is 5.03 Å². The number of halogens is 1. The maximum atomic E-state index is 12.2. The van der Waals surface area contributed by atoms with Crippen LogP contribution in [0.2, 0.25) is 0 Å². The first-order chi connectivity index (χ1) is 13.5. The Morgan fingerprint density at radius 2 is 1.75 bits per heavy atom. The first-order valence-corrected chi connectivity index (χ1v) is 9.23. The van der Waals surface area contributed by atoms with E-state index in [1.54, 1.807) is 42.5 Å². The number of carboxylic acid groups (broad SMARTS) is 1. The van der Waals surface area contributed by atoms with Gasteiger partial charge < -0.3 is 15.2 Å². The summed E-state index contributed by atoms with van der Waals surface area (Å²) < 4.78 is 5.07. The van der Waals surface area contributed by atoms with Gasteiger partial charge in [0.25, 0.3) is 5.91 Å². The number of hydrogen-bond donors (Lipinski definition) is 2. The molecule has 0 aliphatic rings. The Labute approximate surface area is 169 Å². The second kappa shape index (κ2) is 9.12. The third-order valence-corrected chi connectivity index (χ3v) is 4.75. The van der Waals surface area contributed by atoms with Crippen LogP contribution in [-0.4, -0.2) is 33.8 Å². The van der Waals surface area contributed by atoms with Crippen LogP contribution >= 0.6 is 22.9 Å². The van der Waals surface area contributed by atoms with Crippen molar-refractivity contribution in [1.82, 2.24) is 10.2 Å². The largest absolute Gasteiger partial charge is 0.482 e. The molecule has 0 aliphatic carbocycles. The van der Waals surface area contributed by atoms with Crippen LogP contribution in [0.5, 0.6) is 5.75 Å². The second-order valence-electron chi connectivity index (χ2n) is 5.48. The number of carbonyl (C=O) groups is 2. The molecule has 2 N–H and O–H groups in total. The van der Waals surface area contributed by atoms with Crippen LogP contribution in [0.1, 0.15) is 20.4 Å². The van der Waals surface area contributed by atoms with Crippen LogP contribution in [-0.2, 0) is 4.79 Å². The van der Waals surface area contributed by atoms with E-state index in [0.29, 0.717) is 21.5 Å². The molecule has 0 bridgehead atoms. The number of benzene rings is 2. The summed E-state index contributed by atoms with van der Waals surface area (Å²) in [6.07, 6.45) is 1.67. The molecule has 28 heavy (non-hydrogen) atoms. The molecular weight excluding hydrogens is 402 g/mol.